The van der Waals surface area contributed by atoms with E-state index in [1.807, 2.05) is 24.5 Å². The zero-order chi connectivity index (χ0) is 14.8. The van der Waals surface area contributed by atoms with Crippen LogP contribution in [0.2, 0.25) is 5.15 Å². The zero-order valence-electron chi connectivity index (χ0n) is 10.3. The Hall–Kier alpha value is -1.40. The lowest BCUT2D eigenvalue weighted by Gasteiger charge is -2.11. The average molecular weight is 319 g/mol. The van der Waals surface area contributed by atoms with Gasteiger partial charge in [-0.1, -0.05) is 17.7 Å². The summed E-state index contributed by atoms with van der Waals surface area (Å²) < 4.78 is 38.1. The Morgan fingerprint density at radius 3 is 2.60 bits per heavy atom. The van der Waals surface area contributed by atoms with Crippen LogP contribution in [0.4, 0.5) is 24.7 Å². The molecule has 2 rings (SSSR count). The minimum atomic E-state index is -4.45. The van der Waals surface area contributed by atoms with Gasteiger partial charge in [-0.3, -0.25) is 0 Å². The lowest BCUT2D eigenvalue weighted by molar-refractivity contribution is -0.137. The molecule has 20 heavy (non-hydrogen) atoms. The number of benzene rings is 1. The average Bonchev–Trinajstić information content (AvgIpc) is 2.37. The van der Waals surface area contributed by atoms with Crippen LogP contribution in [0.15, 0.2) is 41.3 Å². The predicted octanol–water partition coefficient (Wildman–Crippen LogP) is 5.22. The summed E-state index contributed by atoms with van der Waals surface area (Å²) in [5.74, 6) is 0.0584. The lowest BCUT2D eigenvalue weighted by atomic mass is 10.2. The third-order valence-corrected chi connectivity index (χ3v) is 3.38. The minimum absolute atomic E-state index is 0.0584. The fraction of sp³-hybridized carbons (Fsp3) is 0.154. The first-order valence-corrected chi connectivity index (χ1v) is 7.14. The molecule has 0 aliphatic heterocycles. The van der Waals surface area contributed by atoms with Gasteiger partial charge >= 0.3 is 6.18 Å². The van der Waals surface area contributed by atoms with E-state index in [4.69, 9.17) is 11.6 Å². The van der Waals surface area contributed by atoms with Gasteiger partial charge in [0.1, 0.15) is 11.0 Å². The van der Waals surface area contributed by atoms with Crippen LogP contribution in [-0.4, -0.2) is 11.2 Å². The number of aromatic nitrogens is 1. The summed E-state index contributed by atoms with van der Waals surface area (Å²) in [6.07, 6.45) is -2.54. The van der Waals surface area contributed by atoms with Crippen molar-refractivity contribution in [2.75, 3.05) is 11.6 Å². The maximum absolute atomic E-state index is 12.7. The first-order valence-electron chi connectivity index (χ1n) is 5.54. The number of halogens is 4. The molecule has 0 bridgehead atoms. The molecule has 0 atom stereocenters. The Bertz CT molecular complexity index is 617. The maximum Gasteiger partial charge on any atom is 0.416 e. The molecule has 0 aliphatic rings. The van der Waals surface area contributed by atoms with Crippen molar-refractivity contribution in [3.63, 3.8) is 0 Å². The van der Waals surface area contributed by atoms with Gasteiger partial charge in [0.2, 0.25) is 0 Å². The molecule has 0 saturated carbocycles. The van der Waals surface area contributed by atoms with Crippen molar-refractivity contribution in [3.8, 4) is 0 Å². The fourth-order valence-electron chi connectivity index (χ4n) is 1.57. The molecule has 1 aromatic carbocycles. The second-order valence-corrected chi connectivity index (χ2v) is 5.19. The Kier molecular flexibility index (Phi) is 4.45. The number of hydrogen-bond acceptors (Lipinski definition) is 3. The van der Waals surface area contributed by atoms with Crippen molar-refractivity contribution in [1.29, 1.82) is 0 Å². The highest BCUT2D eigenvalue weighted by Gasteiger charge is 2.31. The van der Waals surface area contributed by atoms with Crippen LogP contribution < -0.4 is 5.32 Å². The second kappa shape index (κ2) is 5.93. The molecule has 0 amide bonds. The molecule has 2 nitrogen and oxygen atoms in total. The molecule has 0 aliphatic carbocycles. The summed E-state index contributed by atoms with van der Waals surface area (Å²) in [6, 6.07) is 9.00. The monoisotopic (exact) mass is 318 g/mol. The molecule has 0 fully saturated rings. The van der Waals surface area contributed by atoms with E-state index in [0.717, 1.165) is 17.0 Å². The maximum atomic E-state index is 12.7. The van der Waals surface area contributed by atoms with Gasteiger partial charge in [-0.25, -0.2) is 4.98 Å². The normalized spacial score (nSPS) is 11.4. The van der Waals surface area contributed by atoms with E-state index >= 15 is 0 Å². The Balaban J connectivity index is 2.31. The first kappa shape index (κ1) is 15.0. The van der Waals surface area contributed by atoms with Crippen LogP contribution in [0.3, 0.4) is 0 Å². The van der Waals surface area contributed by atoms with Gasteiger partial charge in [0.15, 0.2) is 0 Å². The van der Waals surface area contributed by atoms with Crippen LogP contribution >= 0.6 is 23.4 Å². The van der Waals surface area contributed by atoms with Crippen LogP contribution in [0, 0.1) is 0 Å². The summed E-state index contributed by atoms with van der Waals surface area (Å²) in [4.78, 5) is 4.84. The van der Waals surface area contributed by atoms with Crippen molar-refractivity contribution in [3.05, 3.63) is 47.1 Å². The molecule has 1 heterocycles. The predicted molar refractivity (Wildman–Crippen MR) is 75.8 cm³/mol. The Morgan fingerprint density at radius 2 is 1.95 bits per heavy atom. The number of nitrogens with one attached hydrogen (secondary N) is 1. The van der Waals surface area contributed by atoms with Crippen molar-refractivity contribution in [2.45, 2.75) is 11.1 Å². The quantitative estimate of drug-likeness (QED) is 0.620. The summed E-state index contributed by atoms with van der Waals surface area (Å²) in [6.45, 7) is 0. The van der Waals surface area contributed by atoms with E-state index in [1.54, 1.807) is 6.07 Å². The fourth-order valence-corrected chi connectivity index (χ4v) is 2.24. The van der Waals surface area contributed by atoms with E-state index in [0.29, 0.717) is 5.69 Å². The highest BCUT2D eigenvalue weighted by molar-refractivity contribution is 7.98. The molecular weight excluding hydrogens is 309 g/mol. The van der Waals surface area contributed by atoms with Gasteiger partial charge in [0, 0.05) is 10.6 Å². The van der Waals surface area contributed by atoms with Gasteiger partial charge in [-0.15, -0.1) is 11.8 Å². The molecule has 0 unspecified atom stereocenters. The number of rotatable bonds is 3. The smallest absolute Gasteiger partial charge is 0.340 e. The Labute approximate surface area is 123 Å². The number of alkyl halides is 3. The molecule has 0 saturated heterocycles. The second-order valence-electron chi connectivity index (χ2n) is 3.92. The minimum Gasteiger partial charge on any atom is -0.340 e. The highest BCUT2D eigenvalue weighted by atomic mass is 35.5. The van der Waals surface area contributed by atoms with E-state index in [9.17, 15) is 13.2 Å². The number of anilines is 2. The summed E-state index contributed by atoms with van der Waals surface area (Å²) >= 11 is 7.16. The van der Waals surface area contributed by atoms with E-state index in [1.165, 1.54) is 11.8 Å². The van der Waals surface area contributed by atoms with Gasteiger partial charge in [0.05, 0.1) is 5.56 Å². The van der Waals surface area contributed by atoms with Crippen LogP contribution in [0.1, 0.15) is 5.56 Å². The topological polar surface area (TPSA) is 24.9 Å². The van der Waals surface area contributed by atoms with E-state index in [2.05, 4.69) is 10.3 Å². The molecule has 7 heteroatoms. The van der Waals surface area contributed by atoms with Gasteiger partial charge in [-0.2, -0.15) is 13.2 Å². The van der Waals surface area contributed by atoms with Crippen molar-refractivity contribution in [2.24, 2.45) is 0 Å². The molecule has 1 aromatic heterocycles. The molecule has 1 N–H and O–H groups in total. The first-order chi connectivity index (χ1) is 9.38. The number of pyridine rings is 1. The third-order valence-electron chi connectivity index (χ3n) is 2.46. The van der Waals surface area contributed by atoms with Gasteiger partial charge < -0.3 is 5.32 Å². The van der Waals surface area contributed by atoms with Crippen LogP contribution in [0.25, 0.3) is 0 Å². The van der Waals surface area contributed by atoms with Crippen molar-refractivity contribution >= 4 is 34.9 Å². The molecule has 106 valence electrons. The SMILES string of the molecule is CSc1cccc(Nc2cc(C(F)(F)F)cc(Cl)n2)c1. The van der Waals surface area contributed by atoms with E-state index in [-0.39, 0.29) is 11.0 Å². The number of nitrogens with zero attached hydrogens (tertiary/aromatic N) is 1. The van der Waals surface area contributed by atoms with Gasteiger partial charge in [0.25, 0.3) is 0 Å². The summed E-state index contributed by atoms with van der Waals surface area (Å²) in [5, 5.41) is 2.62. The van der Waals surface area contributed by atoms with Crippen LogP contribution in [-0.2, 0) is 6.18 Å². The summed E-state index contributed by atoms with van der Waals surface area (Å²) in [5.41, 5.74) is -0.180. The standard InChI is InChI=1S/C13H10ClF3N2S/c1-20-10-4-2-3-9(7-10)18-12-6-8(13(15,16)17)5-11(14)19-12/h2-7H,1H3,(H,18,19). The van der Waals surface area contributed by atoms with Crippen molar-refractivity contribution < 1.29 is 13.2 Å². The van der Waals surface area contributed by atoms with Crippen molar-refractivity contribution in [1.82, 2.24) is 4.98 Å². The van der Waals surface area contributed by atoms with E-state index < -0.39 is 11.7 Å². The van der Waals surface area contributed by atoms with Gasteiger partial charge in [-0.05, 0) is 36.6 Å². The zero-order valence-corrected chi connectivity index (χ0v) is 11.9. The molecule has 0 spiro atoms. The third kappa shape index (κ3) is 3.80. The highest BCUT2D eigenvalue weighted by Crippen LogP contribution is 2.32. The number of thioether (sulfide) groups is 1. The number of hydrogen-bond donors (Lipinski definition) is 1. The Morgan fingerprint density at radius 1 is 1.20 bits per heavy atom. The largest absolute Gasteiger partial charge is 0.416 e. The molecule has 2 aromatic rings. The molecule has 0 radical (unpaired) electrons. The molecular formula is C13H10ClF3N2S. The lowest BCUT2D eigenvalue weighted by Crippen LogP contribution is -2.06. The summed E-state index contributed by atoms with van der Waals surface area (Å²) in [7, 11) is 0. The van der Waals surface area contributed by atoms with Crippen LogP contribution in [0.5, 0.6) is 0 Å².